The van der Waals surface area contributed by atoms with E-state index in [1.54, 1.807) is 0 Å². The molecule has 1 fully saturated rings. The zero-order valence-electron chi connectivity index (χ0n) is 15.8. The Morgan fingerprint density at radius 2 is 2.00 bits per heavy atom. The van der Waals surface area contributed by atoms with Crippen molar-refractivity contribution in [3.63, 3.8) is 0 Å². The van der Waals surface area contributed by atoms with Gasteiger partial charge < -0.3 is 15.0 Å². The average molecular weight is 350 g/mol. The maximum atomic E-state index is 13.2. The van der Waals surface area contributed by atoms with Crippen LogP contribution in [0.15, 0.2) is 24.3 Å². The predicted molar refractivity (Wildman–Crippen MR) is 98.0 cm³/mol. The van der Waals surface area contributed by atoms with Crippen molar-refractivity contribution in [3.05, 3.63) is 35.6 Å². The molecular formula is C20H31FN2O2. The molecule has 1 saturated heterocycles. The largest absolute Gasteiger partial charge is 0.444 e. The number of likely N-dealkylation sites (tertiary alicyclic amines) is 1. The summed E-state index contributed by atoms with van der Waals surface area (Å²) in [6, 6.07) is 7.03. The lowest BCUT2D eigenvalue weighted by Crippen LogP contribution is -2.45. The van der Waals surface area contributed by atoms with Crippen LogP contribution in [0, 0.1) is 5.82 Å². The van der Waals surface area contributed by atoms with Gasteiger partial charge in [-0.3, -0.25) is 0 Å². The van der Waals surface area contributed by atoms with Crippen LogP contribution in [-0.2, 0) is 4.74 Å². The van der Waals surface area contributed by atoms with E-state index in [0.717, 1.165) is 37.8 Å². The van der Waals surface area contributed by atoms with Crippen molar-refractivity contribution < 1.29 is 13.9 Å². The van der Waals surface area contributed by atoms with Gasteiger partial charge in [-0.15, -0.1) is 0 Å². The topological polar surface area (TPSA) is 41.6 Å². The van der Waals surface area contributed by atoms with Gasteiger partial charge in [0.15, 0.2) is 0 Å². The average Bonchev–Trinajstić information content (AvgIpc) is 2.77. The highest BCUT2D eigenvalue weighted by atomic mass is 19.1. The number of nitrogens with one attached hydrogen (secondary N) is 1. The summed E-state index contributed by atoms with van der Waals surface area (Å²) in [5, 5.41) is 3.66. The Bertz CT molecular complexity index is 554. The fraction of sp³-hybridized carbons (Fsp3) is 0.650. The number of ether oxygens (including phenoxy) is 1. The zero-order chi connectivity index (χ0) is 18.4. The Morgan fingerprint density at radius 3 is 2.60 bits per heavy atom. The second-order valence-corrected chi connectivity index (χ2v) is 7.80. The van der Waals surface area contributed by atoms with Crippen molar-refractivity contribution in [2.75, 3.05) is 13.1 Å². The van der Waals surface area contributed by atoms with Crippen molar-refractivity contribution in [3.8, 4) is 0 Å². The molecule has 0 bridgehead atoms. The normalized spacial score (nSPS) is 20.0. The van der Waals surface area contributed by atoms with Crippen molar-refractivity contribution in [1.29, 1.82) is 0 Å². The minimum absolute atomic E-state index is 0.157. The first-order valence-electron chi connectivity index (χ1n) is 9.28. The van der Waals surface area contributed by atoms with Crippen LogP contribution in [0.1, 0.15) is 65.0 Å². The van der Waals surface area contributed by atoms with Gasteiger partial charge >= 0.3 is 6.09 Å². The van der Waals surface area contributed by atoms with Crippen molar-refractivity contribution in [2.45, 2.75) is 71.1 Å². The number of carbonyl (C=O) groups excluding carboxylic acids is 1. The van der Waals surface area contributed by atoms with E-state index >= 15 is 0 Å². The molecule has 0 aliphatic carbocycles. The summed E-state index contributed by atoms with van der Waals surface area (Å²) in [5.74, 6) is -0.218. The molecule has 1 heterocycles. The van der Waals surface area contributed by atoms with E-state index < -0.39 is 5.60 Å². The Hall–Kier alpha value is -1.62. The van der Waals surface area contributed by atoms with Gasteiger partial charge in [-0.1, -0.05) is 25.5 Å². The van der Waals surface area contributed by atoms with Crippen molar-refractivity contribution in [1.82, 2.24) is 10.2 Å². The highest BCUT2D eigenvalue weighted by Crippen LogP contribution is 2.21. The van der Waals surface area contributed by atoms with E-state index in [2.05, 4.69) is 12.2 Å². The van der Waals surface area contributed by atoms with Gasteiger partial charge in [0.05, 0.1) is 0 Å². The van der Waals surface area contributed by atoms with Crippen LogP contribution in [0.3, 0.4) is 0 Å². The predicted octanol–water partition coefficient (Wildman–Crippen LogP) is 4.66. The standard InChI is InChI=1S/C20H31FN2O2/c1-5-18(15-9-11-16(21)12-10-15)22-17-8-6-7-13-23(14-17)19(24)25-20(2,3)4/h9-12,17-18,22H,5-8,13-14H2,1-4H3. The van der Waals surface area contributed by atoms with E-state index in [-0.39, 0.29) is 24.0 Å². The quantitative estimate of drug-likeness (QED) is 0.859. The van der Waals surface area contributed by atoms with E-state index in [1.807, 2.05) is 37.8 Å². The maximum Gasteiger partial charge on any atom is 0.410 e. The highest BCUT2D eigenvalue weighted by Gasteiger charge is 2.27. The van der Waals surface area contributed by atoms with Crippen LogP contribution in [-0.4, -0.2) is 35.7 Å². The Morgan fingerprint density at radius 1 is 1.32 bits per heavy atom. The monoisotopic (exact) mass is 350 g/mol. The molecule has 1 amide bonds. The van der Waals surface area contributed by atoms with Gasteiger partial charge in [0.25, 0.3) is 0 Å². The lowest BCUT2D eigenvalue weighted by Gasteiger charge is -2.30. The number of hydrogen-bond donors (Lipinski definition) is 1. The molecule has 140 valence electrons. The molecule has 1 N–H and O–H groups in total. The molecule has 5 heteroatoms. The summed E-state index contributed by atoms with van der Waals surface area (Å²) in [6.07, 6.45) is 3.77. The third kappa shape index (κ3) is 6.31. The first-order chi connectivity index (χ1) is 11.8. The minimum Gasteiger partial charge on any atom is -0.444 e. The fourth-order valence-corrected chi connectivity index (χ4v) is 3.20. The molecule has 25 heavy (non-hydrogen) atoms. The number of amides is 1. The molecule has 0 aromatic heterocycles. The SMILES string of the molecule is CCC(NC1CCCCN(C(=O)OC(C)(C)C)C1)c1ccc(F)cc1. The van der Waals surface area contributed by atoms with Gasteiger partial charge in [-0.2, -0.15) is 0 Å². The number of nitrogens with zero attached hydrogens (tertiary/aromatic N) is 1. The molecule has 4 nitrogen and oxygen atoms in total. The Balaban J connectivity index is 2.01. The second-order valence-electron chi connectivity index (χ2n) is 7.80. The number of carbonyl (C=O) groups is 1. The summed E-state index contributed by atoms with van der Waals surface area (Å²) in [7, 11) is 0. The summed E-state index contributed by atoms with van der Waals surface area (Å²) >= 11 is 0. The smallest absolute Gasteiger partial charge is 0.410 e. The summed E-state index contributed by atoms with van der Waals surface area (Å²) in [5.41, 5.74) is 0.601. The second kappa shape index (κ2) is 8.65. The number of rotatable bonds is 4. The molecule has 1 aromatic rings. The number of halogens is 1. The van der Waals surface area contributed by atoms with Crippen LogP contribution < -0.4 is 5.32 Å². The molecular weight excluding hydrogens is 319 g/mol. The number of hydrogen-bond acceptors (Lipinski definition) is 3. The van der Waals surface area contributed by atoms with Crippen molar-refractivity contribution in [2.24, 2.45) is 0 Å². The van der Waals surface area contributed by atoms with E-state index in [4.69, 9.17) is 4.74 Å². The lowest BCUT2D eigenvalue weighted by atomic mass is 10.0. The highest BCUT2D eigenvalue weighted by molar-refractivity contribution is 5.68. The summed E-state index contributed by atoms with van der Waals surface area (Å²) in [4.78, 5) is 14.2. The summed E-state index contributed by atoms with van der Waals surface area (Å²) in [6.45, 7) is 9.16. The maximum absolute atomic E-state index is 13.2. The molecule has 2 atom stereocenters. The van der Waals surface area contributed by atoms with Gasteiger partial charge in [-0.25, -0.2) is 9.18 Å². The first kappa shape index (κ1) is 19.7. The van der Waals surface area contributed by atoms with E-state index in [9.17, 15) is 9.18 Å². The molecule has 1 aliphatic heterocycles. The number of benzene rings is 1. The van der Waals surface area contributed by atoms with Crippen molar-refractivity contribution >= 4 is 6.09 Å². The van der Waals surface area contributed by atoms with Gasteiger partial charge in [0.2, 0.25) is 0 Å². The van der Waals surface area contributed by atoms with Gasteiger partial charge in [0, 0.05) is 25.2 Å². The zero-order valence-corrected chi connectivity index (χ0v) is 15.8. The first-order valence-corrected chi connectivity index (χ1v) is 9.28. The van der Waals surface area contributed by atoms with Gasteiger partial charge in [-0.05, 0) is 57.7 Å². The van der Waals surface area contributed by atoms with E-state index in [1.165, 1.54) is 12.1 Å². The van der Waals surface area contributed by atoms with E-state index in [0.29, 0.717) is 6.54 Å². The van der Waals surface area contributed by atoms with Crippen LogP contribution in [0.5, 0.6) is 0 Å². The third-order valence-electron chi connectivity index (χ3n) is 4.44. The molecule has 0 spiro atoms. The Labute approximate surface area is 150 Å². The molecule has 0 saturated carbocycles. The Kier molecular flexibility index (Phi) is 6.82. The molecule has 1 aliphatic rings. The molecule has 0 radical (unpaired) electrons. The third-order valence-corrected chi connectivity index (χ3v) is 4.44. The lowest BCUT2D eigenvalue weighted by molar-refractivity contribution is 0.0241. The van der Waals surface area contributed by atoms with Gasteiger partial charge in [0.1, 0.15) is 11.4 Å². The van der Waals surface area contributed by atoms with Crippen LogP contribution in [0.2, 0.25) is 0 Å². The minimum atomic E-state index is -0.480. The van der Waals surface area contributed by atoms with Crippen LogP contribution in [0.25, 0.3) is 0 Å². The molecule has 2 unspecified atom stereocenters. The summed E-state index contributed by atoms with van der Waals surface area (Å²) < 4.78 is 18.7. The molecule has 2 rings (SSSR count). The van der Waals surface area contributed by atoms with Crippen LogP contribution >= 0.6 is 0 Å². The van der Waals surface area contributed by atoms with Crippen LogP contribution in [0.4, 0.5) is 9.18 Å². The molecule has 1 aromatic carbocycles. The fourth-order valence-electron chi connectivity index (χ4n) is 3.20.